The molecule has 0 unspecified atom stereocenters. The highest BCUT2D eigenvalue weighted by atomic mass is 19.1. The molecule has 0 saturated heterocycles. The van der Waals surface area contributed by atoms with Crippen molar-refractivity contribution in [3.63, 3.8) is 0 Å². The summed E-state index contributed by atoms with van der Waals surface area (Å²) < 4.78 is 26.4. The smallest absolute Gasteiger partial charge is 0.129 e. The molecule has 0 aromatic heterocycles. The van der Waals surface area contributed by atoms with Crippen molar-refractivity contribution >= 4 is 0 Å². The minimum absolute atomic E-state index is 0.160. The highest BCUT2D eigenvalue weighted by molar-refractivity contribution is 5.36. The normalized spacial score (nSPS) is 19.3. The van der Waals surface area contributed by atoms with Crippen molar-refractivity contribution in [1.82, 2.24) is 0 Å². The standard InChI is InChI=1S/C14H19F2N/c1-10-7-11(8-13(16)12(10)9-15)14(17)5-3-2-4-6-14/h7-8H,2-6,9,17H2,1H3. The van der Waals surface area contributed by atoms with E-state index in [1.807, 2.05) is 6.07 Å². The number of hydrogen-bond acceptors (Lipinski definition) is 1. The zero-order valence-corrected chi connectivity index (χ0v) is 10.2. The third-order valence-electron chi connectivity index (χ3n) is 3.87. The molecule has 1 aliphatic carbocycles. The summed E-state index contributed by atoms with van der Waals surface area (Å²) in [6.07, 6.45) is 5.15. The molecule has 0 spiro atoms. The first-order valence-electron chi connectivity index (χ1n) is 6.21. The molecule has 1 aromatic rings. The van der Waals surface area contributed by atoms with Crippen LogP contribution < -0.4 is 5.73 Å². The van der Waals surface area contributed by atoms with Crippen molar-refractivity contribution in [1.29, 1.82) is 0 Å². The first-order valence-corrected chi connectivity index (χ1v) is 6.21. The molecule has 0 aliphatic heterocycles. The van der Waals surface area contributed by atoms with Crippen molar-refractivity contribution in [2.45, 2.75) is 51.2 Å². The second-order valence-electron chi connectivity index (χ2n) is 5.10. The Morgan fingerprint density at radius 3 is 2.41 bits per heavy atom. The molecule has 17 heavy (non-hydrogen) atoms. The fraction of sp³-hybridized carbons (Fsp3) is 0.571. The van der Waals surface area contributed by atoms with Gasteiger partial charge >= 0.3 is 0 Å². The van der Waals surface area contributed by atoms with E-state index in [1.54, 1.807) is 6.92 Å². The lowest BCUT2D eigenvalue weighted by Gasteiger charge is -2.34. The first-order chi connectivity index (χ1) is 8.07. The summed E-state index contributed by atoms with van der Waals surface area (Å²) >= 11 is 0. The van der Waals surface area contributed by atoms with Crippen LogP contribution in [0, 0.1) is 12.7 Å². The molecule has 1 nitrogen and oxygen atoms in total. The summed E-state index contributed by atoms with van der Waals surface area (Å²) in [7, 11) is 0. The van der Waals surface area contributed by atoms with E-state index in [4.69, 9.17) is 5.73 Å². The van der Waals surface area contributed by atoms with E-state index in [2.05, 4.69) is 0 Å². The largest absolute Gasteiger partial charge is 0.321 e. The van der Waals surface area contributed by atoms with Gasteiger partial charge in [-0.1, -0.05) is 25.3 Å². The zero-order valence-electron chi connectivity index (χ0n) is 10.2. The number of benzene rings is 1. The van der Waals surface area contributed by atoms with Crippen LogP contribution in [0.2, 0.25) is 0 Å². The second-order valence-corrected chi connectivity index (χ2v) is 5.10. The molecular formula is C14H19F2N. The Labute approximate surface area is 101 Å². The molecule has 1 aliphatic rings. The van der Waals surface area contributed by atoms with Crippen molar-refractivity contribution < 1.29 is 8.78 Å². The van der Waals surface area contributed by atoms with Gasteiger partial charge in [0.15, 0.2) is 0 Å². The Kier molecular flexibility index (Phi) is 3.48. The van der Waals surface area contributed by atoms with E-state index in [0.717, 1.165) is 31.2 Å². The molecule has 94 valence electrons. The summed E-state index contributed by atoms with van der Waals surface area (Å²) in [5, 5.41) is 0. The highest BCUT2D eigenvalue weighted by Crippen LogP contribution is 2.36. The molecular weight excluding hydrogens is 220 g/mol. The average molecular weight is 239 g/mol. The predicted octanol–water partition coefficient (Wildman–Crippen LogP) is 3.72. The molecule has 3 heteroatoms. The van der Waals surface area contributed by atoms with Gasteiger partial charge in [0.05, 0.1) is 0 Å². The summed E-state index contributed by atoms with van der Waals surface area (Å²) in [6, 6.07) is 3.27. The van der Waals surface area contributed by atoms with Crippen LogP contribution >= 0.6 is 0 Å². The molecule has 1 saturated carbocycles. The van der Waals surface area contributed by atoms with E-state index >= 15 is 0 Å². The van der Waals surface area contributed by atoms with Crippen LogP contribution in [0.3, 0.4) is 0 Å². The lowest BCUT2D eigenvalue weighted by molar-refractivity contribution is 0.301. The summed E-state index contributed by atoms with van der Waals surface area (Å²) in [6.45, 7) is 0.989. The van der Waals surface area contributed by atoms with Gasteiger partial charge < -0.3 is 5.73 Å². The molecule has 0 bridgehead atoms. The van der Waals surface area contributed by atoms with Gasteiger partial charge in [0.2, 0.25) is 0 Å². The number of aryl methyl sites for hydroxylation is 1. The molecule has 2 N–H and O–H groups in total. The lowest BCUT2D eigenvalue weighted by atomic mass is 9.77. The summed E-state index contributed by atoms with van der Waals surface area (Å²) in [5.74, 6) is -0.460. The maximum atomic E-state index is 13.7. The predicted molar refractivity (Wildman–Crippen MR) is 64.9 cm³/mol. The molecule has 0 amide bonds. The minimum Gasteiger partial charge on any atom is -0.321 e. The van der Waals surface area contributed by atoms with E-state index in [1.165, 1.54) is 12.5 Å². The number of hydrogen-bond donors (Lipinski definition) is 1. The average Bonchev–Trinajstić information content (AvgIpc) is 2.29. The van der Waals surface area contributed by atoms with E-state index in [0.29, 0.717) is 5.56 Å². The number of halogens is 2. The van der Waals surface area contributed by atoms with Crippen molar-refractivity contribution in [2.75, 3.05) is 0 Å². The van der Waals surface area contributed by atoms with Gasteiger partial charge in [0.25, 0.3) is 0 Å². The van der Waals surface area contributed by atoms with Gasteiger partial charge in [0, 0.05) is 11.1 Å². The van der Waals surface area contributed by atoms with E-state index in [9.17, 15) is 8.78 Å². The summed E-state index contributed by atoms with van der Waals surface area (Å²) in [5.41, 5.74) is 7.58. The SMILES string of the molecule is Cc1cc(C2(N)CCCCC2)cc(F)c1CF. The minimum atomic E-state index is -0.754. The number of nitrogens with two attached hydrogens (primary N) is 1. The van der Waals surface area contributed by atoms with Gasteiger partial charge in [-0.2, -0.15) is 0 Å². The van der Waals surface area contributed by atoms with Crippen LogP contribution in [0.5, 0.6) is 0 Å². The number of rotatable bonds is 2. The molecule has 1 fully saturated rings. The lowest BCUT2D eigenvalue weighted by Crippen LogP contribution is -2.38. The Morgan fingerprint density at radius 1 is 1.24 bits per heavy atom. The Morgan fingerprint density at radius 2 is 1.88 bits per heavy atom. The van der Waals surface area contributed by atoms with Crippen LogP contribution in [-0.2, 0) is 12.2 Å². The third kappa shape index (κ3) is 2.34. The molecule has 2 rings (SSSR count). The molecule has 0 radical (unpaired) electrons. The second kappa shape index (κ2) is 4.73. The van der Waals surface area contributed by atoms with Gasteiger partial charge in [0.1, 0.15) is 12.5 Å². The Bertz CT molecular complexity index is 386. The molecule has 0 heterocycles. The first kappa shape index (κ1) is 12.5. The van der Waals surface area contributed by atoms with Crippen LogP contribution in [-0.4, -0.2) is 0 Å². The number of alkyl halides is 1. The van der Waals surface area contributed by atoms with Crippen LogP contribution in [0.1, 0.15) is 48.8 Å². The van der Waals surface area contributed by atoms with Gasteiger partial charge in [-0.05, 0) is 37.0 Å². The van der Waals surface area contributed by atoms with Crippen LogP contribution in [0.25, 0.3) is 0 Å². The fourth-order valence-electron chi connectivity index (χ4n) is 2.70. The van der Waals surface area contributed by atoms with Crippen LogP contribution in [0.4, 0.5) is 8.78 Å². The maximum Gasteiger partial charge on any atom is 0.129 e. The fourth-order valence-corrected chi connectivity index (χ4v) is 2.70. The van der Waals surface area contributed by atoms with E-state index < -0.39 is 18.0 Å². The van der Waals surface area contributed by atoms with E-state index in [-0.39, 0.29) is 5.56 Å². The third-order valence-corrected chi connectivity index (χ3v) is 3.87. The Balaban J connectivity index is 2.39. The highest BCUT2D eigenvalue weighted by Gasteiger charge is 2.30. The van der Waals surface area contributed by atoms with Crippen molar-refractivity contribution in [2.24, 2.45) is 5.73 Å². The zero-order chi connectivity index (χ0) is 12.5. The van der Waals surface area contributed by atoms with Gasteiger partial charge in [-0.25, -0.2) is 8.78 Å². The summed E-state index contributed by atoms with van der Waals surface area (Å²) in [4.78, 5) is 0. The Hall–Kier alpha value is -0.960. The topological polar surface area (TPSA) is 26.0 Å². The quantitative estimate of drug-likeness (QED) is 0.836. The van der Waals surface area contributed by atoms with Gasteiger partial charge in [-0.3, -0.25) is 0 Å². The van der Waals surface area contributed by atoms with Crippen molar-refractivity contribution in [3.8, 4) is 0 Å². The van der Waals surface area contributed by atoms with Crippen molar-refractivity contribution in [3.05, 3.63) is 34.6 Å². The van der Waals surface area contributed by atoms with Gasteiger partial charge in [-0.15, -0.1) is 0 Å². The molecule has 0 atom stereocenters. The maximum absolute atomic E-state index is 13.7. The monoisotopic (exact) mass is 239 g/mol. The molecule has 1 aromatic carbocycles. The van der Waals surface area contributed by atoms with Crippen LogP contribution in [0.15, 0.2) is 12.1 Å².